The molecule has 1 unspecified atom stereocenters. The van der Waals surface area contributed by atoms with Gasteiger partial charge in [0, 0.05) is 13.0 Å². The predicted molar refractivity (Wildman–Crippen MR) is 75.6 cm³/mol. The first-order chi connectivity index (χ1) is 10.1. The summed E-state index contributed by atoms with van der Waals surface area (Å²) in [7, 11) is -0.317. The molecule has 11 heteroatoms. The summed E-state index contributed by atoms with van der Waals surface area (Å²) in [4.78, 5) is 0. The molecule has 3 aliphatic heterocycles. The van der Waals surface area contributed by atoms with Gasteiger partial charge < -0.3 is 18.5 Å². The van der Waals surface area contributed by atoms with Crippen LogP contribution in [-0.4, -0.2) is 57.0 Å². The van der Waals surface area contributed by atoms with E-state index < -0.39 is 31.3 Å². The van der Waals surface area contributed by atoms with Gasteiger partial charge in [-0.2, -0.15) is 0 Å². The lowest BCUT2D eigenvalue weighted by atomic mass is 10.2. The van der Waals surface area contributed by atoms with E-state index in [0.29, 0.717) is 13.0 Å². The molecule has 3 saturated heterocycles. The van der Waals surface area contributed by atoms with Crippen molar-refractivity contribution in [2.24, 2.45) is 0 Å². The molecule has 0 amide bonds. The molecular weight excluding hydrogens is 345 g/mol. The van der Waals surface area contributed by atoms with Crippen LogP contribution in [-0.2, 0) is 32.1 Å². The SMILES string of the molecule is O=[P@@]1(S)OC[C@H]2OC[C@H](OPOC[C@H]3OCC[C@@H]3O1)[C@@H]2F. The summed E-state index contributed by atoms with van der Waals surface area (Å²) in [6, 6.07) is 0. The Morgan fingerprint density at radius 1 is 1.10 bits per heavy atom. The van der Waals surface area contributed by atoms with Gasteiger partial charge in [0.2, 0.25) is 0 Å². The second-order valence-corrected chi connectivity index (χ2v) is 8.54. The van der Waals surface area contributed by atoms with Crippen molar-refractivity contribution < 1.29 is 36.5 Å². The maximum Gasteiger partial charge on any atom is 0.386 e. The number of alkyl halides is 1. The standard InChI is InChI=1S/C10H17FO7P2S/c11-10-8-5-16-20(12,21)18-6-1-2-13-7(6)4-15-19-17-9(10)3-14-8/h6-10,19H,1-5H2,(H,12,21)/t6-,7+,8+,9-,10+,20+/m0/s1. The van der Waals surface area contributed by atoms with Gasteiger partial charge in [-0.25, -0.2) is 8.96 Å². The molecule has 2 bridgehead atoms. The van der Waals surface area contributed by atoms with Crippen LogP contribution in [0.4, 0.5) is 4.39 Å². The third kappa shape index (κ3) is 4.16. The summed E-state index contributed by atoms with van der Waals surface area (Å²) in [5.41, 5.74) is 0. The molecule has 0 aliphatic carbocycles. The van der Waals surface area contributed by atoms with Gasteiger partial charge in [0.25, 0.3) is 0 Å². The normalized spacial score (nSPS) is 50.1. The fourth-order valence-corrected chi connectivity index (χ4v) is 4.53. The van der Waals surface area contributed by atoms with Gasteiger partial charge >= 0.3 is 6.80 Å². The molecule has 0 aromatic carbocycles. The largest absolute Gasteiger partial charge is 0.386 e. The van der Waals surface area contributed by atoms with Crippen LogP contribution >= 0.6 is 28.1 Å². The fraction of sp³-hybridized carbons (Fsp3) is 1.00. The van der Waals surface area contributed by atoms with E-state index in [2.05, 4.69) is 12.2 Å². The van der Waals surface area contributed by atoms with Crippen LogP contribution < -0.4 is 0 Å². The monoisotopic (exact) mass is 362 g/mol. The first kappa shape index (κ1) is 16.6. The minimum atomic E-state index is -3.61. The average Bonchev–Trinajstić information content (AvgIpc) is 3.00. The maximum absolute atomic E-state index is 14.0. The Morgan fingerprint density at radius 3 is 2.81 bits per heavy atom. The molecule has 3 heterocycles. The highest BCUT2D eigenvalue weighted by Crippen LogP contribution is 2.55. The van der Waals surface area contributed by atoms with Gasteiger partial charge in [0.05, 0.1) is 25.9 Å². The summed E-state index contributed by atoms with van der Waals surface area (Å²) in [6.45, 7) is -3.01. The Balaban J connectivity index is 1.69. The number of fused-ring (bicyclic) bond motifs is 3. The molecule has 0 radical (unpaired) electrons. The summed E-state index contributed by atoms with van der Waals surface area (Å²) >= 11 is 3.92. The number of rotatable bonds is 0. The number of thiol groups is 1. The Morgan fingerprint density at radius 2 is 1.95 bits per heavy atom. The molecule has 0 spiro atoms. The van der Waals surface area contributed by atoms with E-state index in [-0.39, 0.29) is 35.0 Å². The van der Waals surface area contributed by atoms with Gasteiger partial charge in [0.15, 0.2) is 15.2 Å². The molecule has 7 atom stereocenters. The van der Waals surface area contributed by atoms with Crippen molar-refractivity contribution in [1.82, 2.24) is 0 Å². The number of halogens is 1. The van der Waals surface area contributed by atoms with E-state index in [1.54, 1.807) is 0 Å². The van der Waals surface area contributed by atoms with Crippen molar-refractivity contribution in [2.75, 3.05) is 26.4 Å². The number of hydrogen-bond acceptors (Lipinski definition) is 7. The Labute approximate surface area is 128 Å². The smallest absolute Gasteiger partial charge is 0.373 e. The van der Waals surface area contributed by atoms with Crippen LogP contribution in [0.2, 0.25) is 0 Å². The molecule has 0 saturated carbocycles. The quantitative estimate of drug-likeness (QED) is 0.521. The molecule has 3 fully saturated rings. The summed E-state index contributed by atoms with van der Waals surface area (Å²) < 4.78 is 58.1. The Hall–Kier alpha value is 0.700. The van der Waals surface area contributed by atoms with Crippen LogP contribution in [0.25, 0.3) is 0 Å². The minimum Gasteiger partial charge on any atom is -0.373 e. The highest BCUT2D eigenvalue weighted by atomic mass is 32.7. The van der Waals surface area contributed by atoms with Crippen molar-refractivity contribution in [3.63, 3.8) is 0 Å². The molecule has 0 N–H and O–H groups in total. The van der Waals surface area contributed by atoms with Crippen molar-refractivity contribution in [1.29, 1.82) is 0 Å². The van der Waals surface area contributed by atoms with E-state index in [1.165, 1.54) is 0 Å². The maximum atomic E-state index is 14.0. The third-order valence-corrected chi connectivity index (χ3v) is 5.84. The Bertz CT molecular complexity index is 417. The van der Waals surface area contributed by atoms with Gasteiger partial charge in [-0.15, -0.1) is 0 Å². The molecule has 3 rings (SSSR count). The topological polar surface area (TPSA) is 72.5 Å². The molecule has 0 aromatic heterocycles. The van der Waals surface area contributed by atoms with Gasteiger partial charge in [-0.1, -0.05) is 12.2 Å². The van der Waals surface area contributed by atoms with Crippen LogP contribution in [0.15, 0.2) is 0 Å². The lowest BCUT2D eigenvalue weighted by molar-refractivity contribution is 0.00716. The molecule has 7 nitrogen and oxygen atoms in total. The van der Waals surface area contributed by atoms with E-state index in [0.717, 1.165) is 0 Å². The zero-order valence-corrected chi connectivity index (χ0v) is 13.8. The highest BCUT2D eigenvalue weighted by Gasteiger charge is 2.42. The molecule has 21 heavy (non-hydrogen) atoms. The first-order valence-electron chi connectivity index (χ1n) is 6.60. The molecule has 122 valence electrons. The zero-order valence-electron chi connectivity index (χ0n) is 11.1. The van der Waals surface area contributed by atoms with Gasteiger partial charge in [-0.3, -0.25) is 9.05 Å². The van der Waals surface area contributed by atoms with Crippen LogP contribution in [0.3, 0.4) is 0 Å². The van der Waals surface area contributed by atoms with E-state index in [4.69, 9.17) is 27.6 Å². The van der Waals surface area contributed by atoms with Crippen LogP contribution in [0, 0.1) is 0 Å². The molecule has 3 aliphatic rings. The second-order valence-electron chi connectivity index (χ2n) is 4.97. The number of ether oxygens (including phenoxy) is 2. The van der Waals surface area contributed by atoms with E-state index >= 15 is 0 Å². The summed E-state index contributed by atoms with van der Waals surface area (Å²) in [5, 5.41) is 0. The average molecular weight is 362 g/mol. The summed E-state index contributed by atoms with van der Waals surface area (Å²) in [5.74, 6) is 0. The van der Waals surface area contributed by atoms with Crippen molar-refractivity contribution in [3.8, 4) is 0 Å². The van der Waals surface area contributed by atoms with Crippen molar-refractivity contribution in [3.05, 3.63) is 0 Å². The third-order valence-electron chi connectivity index (χ3n) is 3.51. The van der Waals surface area contributed by atoms with Crippen molar-refractivity contribution >= 4 is 28.1 Å². The van der Waals surface area contributed by atoms with Crippen molar-refractivity contribution in [2.45, 2.75) is 37.0 Å². The van der Waals surface area contributed by atoms with Crippen LogP contribution in [0.5, 0.6) is 0 Å². The highest BCUT2D eigenvalue weighted by molar-refractivity contribution is 8.44. The predicted octanol–water partition coefficient (Wildman–Crippen LogP) is 1.88. The fourth-order valence-electron chi connectivity index (χ4n) is 2.37. The van der Waals surface area contributed by atoms with E-state index in [1.807, 2.05) is 0 Å². The van der Waals surface area contributed by atoms with Crippen LogP contribution in [0.1, 0.15) is 6.42 Å². The summed E-state index contributed by atoms with van der Waals surface area (Å²) in [6.07, 6.45) is -3.15. The van der Waals surface area contributed by atoms with Gasteiger partial charge in [0.1, 0.15) is 18.3 Å². The second kappa shape index (κ2) is 7.07. The number of hydrogen-bond donors (Lipinski definition) is 1. The minimum absolute atomic E-state index is 0.103. The lowest BCUT2D eigenvalue weighted by Gasteiger charge is -2.22. The first-order valence-corrected chi connectivity index (χ1v) is 10.1. The zero-order chi connectivity index (χ0) is 14.9. The molecular formula is C10H17FO7P2S. The lowest BCUT2D eigenvalue weighted by Crippen LogP contribution is -2.29. The van der Waals surface area contributed by atoms with E-state index in [9.17, 15) is 8.96 Å². The molecule has 0 aromatic rings. The Kier molecular flexibility index (Phi) is 5.58. The van der Waals surface area contributed by atoms with Gasteiger partial charge in [-0.05, 0) is 0 Å².